The van der Waals surface area contributed by atoms with Crippen LogP contribution in [0.15, 0.2) is 64.6 Å². The summed E-state index contributed by atoms with van der Waals surface area (Å²) in [6.07, 6.45) is 1.52. The highest BCUT2D eigenvalue weighted by Gasteiger charge is 2.15. The molecule has 30 heavy (non-hydrogen) atoms. The molecule has 7 nitrogen and oxygen atoms in total. The Hall–Kier alpha value is -3.70. The molecule has 0 atom stereocenters. The minimum Gasteiger partial charge on any atom is -0.321 e. The number of non-ortho nitro benzene ring substituents is 1. The number of nitrogens with one attached hydrogen (secondary N) is 1. The van der Waals surface area contributed by atoms with Gasteiger partial charge in [0.05, 0.1) is 10.6 Å². The highest BCUT2D eigenvalue weighted by Crippen LogP contribution is 2.25. The number of benzene rings is 2. The van der Waals surface area contributed by atoms with E-state index in [1.165, 1.54) is 18.2 Å². The lowest BCUT2D eigenvalue weighted by atomic mass is 10.1. The van der Waals surface area contributed by atoms with Crippen molar-refractivity contribution in [2.75, 3.05) is 5.32 Å². The molecule has 0 saturated heterocycles. The molecule has 8 heteroatoms. The van der Waals surface area contributed by atoms with Gasteiger partial charge in [0.2, 0.25) is 0 Å². The van der Waals surface area contributed by atoms with E-state index >= 15 is 0 Å². The number of nitro benzene ring substituents is 1. The molecule has 0 spiro atoms. The lowest BCUT2D eigenvalue weighted by Gasteiger charge is -2.09. The van der Waals surface area contributed by atoms with Gasteiger partial charge in [0, 0.05) is 33.7 Å². The molecule has 1 aromatic heterocycles. The lowest BCUT2D eigenvalue weighted by Crippen LogP contribution is -2.13. The van der Waals surface area contributed by atoms with E-state index in [1.807, 2.05) is 30.6 Å². The van der Waals surface area contributed by atoms with Crippen molar-refractivity contribution in [2.24, 2.45) is 0 Å². The molecule has 1 N–H and O–H groups in total. The van der Waals surface area contributed by atoms with Gasteiger partial charge in [0.1, 0.15) is 11.6 Å². The number of hydrogen-bond donors (Lipinski definition) is 1. The van der Waals surface area contributed by atoms with Crippen molar-refractivity contribution in [3.05, 3.63) is 91.7 Å². The highest BCUT2D eigenvalue weighted by atomic mass is 79.9. The van der Waals surface area contributed by atoms with Crippen LogP contribution in [0.2, 0.25) is 0 Å². The summed E-state index contributed by atoms with van der Waals surface area (Å²) < 4.78 is 2.73. The number of halogens is 1. The zero-order valence-corrected chi connectivity index (χ0v) is 17.8. The summed E-state index contributed by atoms with van der Waals surface area (Å²) in [5.74, 6) is -0.514. The molecule has 0 saturated carbocycles. The van der Waals surface area contributed by atoms with Crippen LogP contribution in [0.3, 0.4) is 0 Å². The van der Waals surface area contributed by atoms with Crippen LogP contribution in [0.5, 0.6) is 0 Å². The summed E-state index contributed by atoms with van der Waals surface area (Å²) in [7, 11) is 0. The maximum atomic E-state index is 12.5. The van der Waals surface area contributed by atoms with Gasteiger partial charge in [-0.25, -0.2) is 0 Å². The van der Waals surface area contributed by atoms with Crippen molar-refractivity contribution in [1.82, 2.24) is 4.57 Å². The SMILES string of the molecule is Cc1cc(/C=C(/C#N)C(=O)Nc2ccc(Br)cc2)c(C)n1-c1cccc([N+](=O)[O-])c1. The standard InChI is InChI=1S/C22H17BrN4O3/c1-14-10-16(15(2)26(14)20-4-3-5-21(12-20)27(29)30)11-17(13-24)22(28)25-19-8-6-18(23)7-9-19/h3-12H,1-2H3,(H,25,28)/b17-11-. The van der Waals surface area contributed by atoms with Crippen molar-refractivity contribution in [2.45, 2.75) is 13.8 Å². The Bertz CT molecular complexity index is 1200. The maximum Gasteiger partial charge on any atom is 0.271 e. The molecule has 2 aromatic carbocycles. The first-order valence-electron chi connectivity index (χ1n) is 8.92. The van der Waals surface area contributed by atoms with Crippen molar-refractivity contribution >= 4 is 39.3 Å². The summed E-state index contributed by atoms with van der Waals surface area (Å²) >= 11 is 3.33. The molecule has 3 aromatic rings. The minimum absolute atomic E-state index is 0.0105. The summed E-state index contributed by atoms with van der Waals surface area (Å²) in [6, 6.07) is 17.1. The van der Waals surface area contributed by atoms with Crippen molar-refractivity contribution < 1.29 is 9.72 Å². The van der Waals surface area contributed by atoms with E-state index in [0.717, 1.165) is 15.9 Å². The van der Waals surface area contributed by atoms with Gasteiger partial charge in [-0.1, -0.05) is 22.0 Å². The fourth-order valence-corrected chi connectivity index (χ4v) is 3.38. The Morgan fingerprint density at radius 3 is 2.53 bits per heavy atom. The van der Waals surface area contributed by atoms with Crippen LogP contribution in [0.4, 0.5) is 11.4 Å². The third-order valence-electron chi connectivity index (χ3n) is 4.54. The molecule has 1 heterocycles. The Labute approximate surface area is 181 Å². The van der Waals surface area contributed by atoms with Gasteiger partial charge in [-0.05, 0) is 61.9 Å². The first-order chi connectivity index (χ1) is 14.3. The third kappa shape index (κ3) is 4.47. The van der Waals surface area contributed by atoms with Gasteiger partial charge in [0.25, 0.3) is 11.6 Å². The van der Waals surface area contributed by atoms with Crippen LogP contribution in [0, 0.1) is 35.3 Å². The van der Waals surface area contributed by atoms with Gasteiger partial charge in [-0.15, -0.1) is 0 Å². The molecular formula is C22H17BrN4O3. The normalized spacial score (nSPS) is 11.1. The van der Waals surface area contributed by atoms with E-state index in [0.29, 0.717) is 16.9 Å². The number of amides is 1. The number of carbonyl (C=O) groups is 1. The first-order valence-corrected chi connectivity index (χ1v) is 9.72. The van der Waals surface area contributed by atoms with Gasteiger partial charge in [-0.3, -0.25) is 14.9 Å². The van der Waals surface area contributed by atoms with E-state index in [-0.39, 0.29) is 11.3 Å². The van der Waals surface area contributed by atoms with Crippen LogP contribution < -0.4 is 5.32 Å². The van der Waals surface area contributed by atoms with Crippen LogP contribution in [-0.4, -0.2) is 15.4 Å². The molecule has 0 radical (unpaired) electrons. The predicted molar refractivity (Wildman–Crippen MR) is 118 cm³/mol. The fourth-order valence-electron chi connectivity index (χ4n) is 3.11. The number of aromatic nitrogens is 1. The maximum absolute atomic E-state index is 12.5. The van der Waals surface area contributed by atoms with Crippen LogP contribution in [0.25, 0.3) is 11.8 Å². The molecule has 0 aliphatic heterocycles. The van der Waals surface area contributed by atoms with E-state index in [2.05, 4.69) is 21.2 Å². The molecule has 150 valence electrons. The van der Waals surface area contributed by atoms with Crippen LogP contribution in [-0.2, 0) is 4.79 Å². The predicted octanol–water partition coefficient (Wildman–Crippen LogP) is 5.31. The lowest BCUT2D eigenvalue weighted by molar-refractivity contribution is -0.384. The van der Waals surface area contributed by atoms with Crippen LogP contribution >= 0.6 is 15.9 Å². The van der Waals surface area contributed by atoms with E-state index in [1.54, 1.807) is 36.4 Å². The molecule has 1 amide bonds. The molecular weight excluding hydrogens is 448 g/mol. The van der Waals surface area contributed by atoms with Crippen molar-refractivity contribution in [1.29, 1.82) is 5.26 Å². The second kappa shape index (κ2) is 8.76. The quantitative estimate of drug-likeness (QED) is 0.239. The topological polar surface area (TPSA) is 101 Å². The fraction of sp³-hybridized carbons (Fsp3) is 0.0909. The largest absolute Gasteiger partial charge is 0.321 e. The number of aryl methyl sites for hydroxylation is 1. The van der Waals surface area contributed by atoms with Gasteiger partial charge in [0.15, 0.2) is 0 Å². The third-order valence-corrected chi connectivity index (χ3v) is 5.06. The summed E-state index contributed by atoms with van der Waals surface area (Å²) in [4.78, 5) is 23.2. The number of nitrogens with zero attached hydrogens (tertiary/aromatic N) is 3. The second-order valence-corrected chi connectivity index (χ2v) is 7.49. The second-order valence-electron chi connectivity index (χ2n) is 6.57. The van der Waals surface area contributed by atoms with Gasteiger partial charge >= 0.3 is 0 Å². The molecule has 0 unspecified atom stereocenters. The number of nitriles is 1. The number of carbonyl (C=O) groups excluding carboxylic acids is 1. The molecule has 0 fully saturated rings. The monoisotopic (exact) mass is 464 g/mol. The minimum atomic E-state index is -0.514. The Balaban J connectivity index is 1.94. The zero-order valence-electron chi connectivity index (χ0n) is 16.2. The Morgan fingerprint density at radius 1 is 1.20 bits per heavy atom. The smallest absolute Gasteiger partial charge is 0.271 e. The van der Waals surface area contributed by atoms with Gasteiger partial charge in [-0.2, -0.15) is 5.26 Å². The number of nitro groups is 1. The molecule has 3 rings (SSSR count). The average Bonchev–Trinajstić information content (AvgIpc) is 3.00. The molecule has 0 aliphatic carbocycles. The van der Waals surface area contributed by atoms with Crippen LogP contribution in [0.1, 0.15) is 17.0 Å². The average molecular weight is 465 g/mol. The summed E-state index contributed by atoms with van der Waals surface area (Å²) in [6.45, 7) is 3.69. The Kier molecular flexibility index (Phi) is 6.14. The first kappa shape index (κ1) is 21.0. The zero-order chi connectivity index (χ0) is 21.8. The molecule has 0 bridgehead atoms. The van der Waals surface area contributed by atoms with Crippen molar-refractivity contribution in [3.8, 4) is 11.8 Å². The number of hydrogen-bond acceptors (Lipinski definition) is 4. The summed E-state index contributed by atoms with van der Waals surface area (Å²) in [5.41, 5.74) is 3.42. The number of anilines is 1. The highest BCUT2D eigenvalue weighted by molar-refractivity contribution is 9.10. The van der Waals surface area contributed by atoms with E-state index < -0.39 is 10.8 Å². The van der Waals surface area contributed by atoms with Crippen molar-refractivity contribution in [3.63, 3.8) is 0 Å². The number of rotatable bonds is 5. The Morgan fingerprint density at radius 2 is 1.90 bits per heavy atom. The summed E-state index contributed by atoms with van der Waals surface area (Å²) in [5, 5.41) is 23.3. The van der Waals surface area contributed by atoms with E-state index in [9.17, 15) is 20.2 Å². The van der Waals surface area contributed by atoms with E-state index in [4.69, 9.17) is 0 Å². The molecule has 0 aliphatic rings. The van der Waals surface area contributed by atoms with Gasteiger partial charge < -0.3 is 9.88 Å².